The first-order valence-corrected chi connectivity index (χ1v) is 6.44. The van der Waals surface area contributed by atoms with Crippen LogP contribution in [0.2, 0.25) is 0 Å². The van der Waals surface area contributed by atoms with E-state index in [1.54, 1.807) is 0 Å². The zero-order valence-corrected chi connectivity index (χ0v) is 10.8. The highest BCUT2D eigenvalue weighted by Crippen LogP contribution is 2.20. The number of aromatic nitrogens is 2. The number of rotatable bonds is 7. The van der Waals surface area contributed by atoms with E-state index in [1.807, 2.05) is 19.4 Å². The summed E-state index contributed by atoms with van der Waals surface area (Å²) in [4.78, 5) is 4.19. The second kappa shape index (κ2) is 6.69. The number of hydrogen-bond donors (Lipinski definition) is 1. The molecule has 0 amide bonds. The standard InChI is InChI=1S/C13H25N3/c1-4-5-6-7-8-11(2)16-10-15-9-13(16)12(3)14/h9-12H,4-8,14H2,1-3H3/t11?,12-/m1/s1. The van der Waals surface area contributed by atoms with Crippen LogP contribution in [0.1, 0.15) is 70.7 Å². The van der Waals surface area contributed by atoms with Crippen molar-refractivity contribution < 1.29 is 0 Å². The van der Waals surface area contributed by atoms with Gasteiger partial charge in [-0.15, -0.1) is 0 Å². The average Bonchev–Trinajstić information content (AvgIpc) is 2.73. The number of unbranched alkanes of at least 4 members (excludes halogenated alkanes) is 3. The van der Waals surface area contributed by atoms with Crippen molar-refractivity contribution in [2.24, 2.45) is 5.73 Å². The molecule has 0 aliphatic carbocycles. The van der Waals surface area contributed by atoms with E-state index >= 15 is 0 Å². The van der Waals surface area contributed by atoms with Gasteiger partial charge in [-0.3, -0.25) is 0 Å². The van der Waals surface area contributed by atoms with Gasteiger partial charge in [0, 0.05) is 18.3 Å². The Hall–Kier alpha value is -0.830. The molecule has 1 aromatic heterocycles. The molecule has 0 aliphatic rings. The zero-order chi connectivity index (χ0) is 12.0. The SMILES string of the molecule is CCCCCCC(C)n1cncc1[C@@H](C)N. The van der Waals surface area contributed by atoms with Crippen LogP contribution in [-0.4, -0.2) is 9.55 Å². The van der Waals surface area contributed by atoms with Crippen LogP contribution >= 0.6 is 0 Å². The third kappa shape index (κ3) is 3.63. The lowest BCUT2D eigenvalue weighted by Crippen LogP contribution is -2.14. The van der Waals surface area contributed by atoms with Gasteiger partial charge in [0.05, 0.1) is 12.0 Å². The summed E-state index contributed by atoms with van der Waals surface area (Å²) in [6, 6.07) is 0.584. The largest absolute Gasteiger partial charge is 0.330 e. The zero-order valence-electron chi connectivity index (χ0n) is 10.8. The van der Waals surface area contributed by atoms with Crippen LogP contribution < -0.4 is 5.73 Å². The van der Waals surface area contributed by atoms with Gasteiger partial charge in [0.15, 0.2) is 0 Å². The monoisotopic (exact) mass is 223 g/mol. The lowest BCUT2D eigenvalue weighted by Gasteiger charge is -2.18. The van der Waals surface area contributed by atoms with Crippen molar-refractivity contribution >= 4 is 0 Å². The third-order valence-corrected chi connectivity index (χ3v) is 3.11. The molecule has 0 saturated heterocycles. The van der Waals surface area contributed by atoms with Crippen molar-refractivity contribution in [3.05, 3.63) is 18.2 Å². The van der Waals surface area contributed by atoms with Gasteiger partial charge in [-0.1, -0.05) is 32.6 Å². The molecular formula is C13H25N3. The molecule has 3 nitrogen and oxygen atoms in total. The molecule has 92 valence electrons. The van der Waals surface area contributed by atoms with Crippen LogP contribution in [-0.2, 0) is 0 Å². The van der Waals surface area contributed by atoms with Crippen LogP contribution in [0.3, 0.4) is 0 Å². The molecule has 0 bridgehead atoms. The van der Waals surface area contributed by atoms with E-state index in [1.165, 1.54) is 32.1 Å². The fourth-order valence-corrected chi connectivity index (χ4v) is 2.04. The number of nitrogens with zero attached hydrogens (tertiary/aromatic N) is 2. The first-order valence-electron chi connectivity index (χ1n) is 6.44. The van der Waals surface area contributed by atoms with Crippen LogP contribution in [0.5, 0.6) is 0 Å². The molecule has 1 unspecified atom stereocenters. The molecule has 0 saturated carbocycles. The summed E-state index contributed by atoms with van der Waals surface area (Å²) in [5.74, 6) is 0. The minimum atomic E-state index is 0.0700. The van der Waals surface area contributed by atoms with Crippen LogP contribution in [0.25, 0.3) is 0 Å². The minimum Gasteiger partial charge on any atom is -0.330 e. The highest BCUT2D eigenvalue weighted by molar-refractivity contribution is 5.04. The van der Waals surface area contributed by atoms with Gasteiger partial charge in [0.2, 0.25) is 0 Å². The summed E-state index contributed by atoms with van der Waals surface area (Å²) in [5.41, 5.74) is 7.05. The summed E-state index contributed by atoms with van der Waals surface area (Å²) in [5, 5.41) is 0. The topological polar surface area (TPSA) is 43.8 Å². The van der Waals surface area contributed by atoms with E-state index in [4.69, 9.17) is 5.73 Å². The Morgan fingerprint density at radius 2 is 2.06 bits per heavy atom. The molecule has 16 heavy (non-hydrogen) atoms. The van der Waals surface area contributed by atoms with Crippen molar-refractivity contribution in [2.45, 2.75) is 65.0 Å². The molecule has 3 heteroatoms. The Balaban J connectivity index is 2.46. The maximum Gasteiger partial charge on any atom is 0.0951 e. The van der Waals surface area contributed by atoms with Gasteiger partial charge in [-0.05, 0) is 20.3 Å². The highest BCUT2D eigenvalue weighted by atomic mass is 15.1. The second-order valence-corrected chi connectivity index (χ2v) is 4.71. The van der Waals surface area contributed by atoms with Gasteiger partial charge in [0.1, 0.15) is 0 Å². The van der Waals surface area contributed by atoms with Gasteiger partial charge < -0.3 is 10.3 Å². The molecule has 2 atom stereocenters. The molecule has 0 radical (unpaired) electrons. The molecular weight excluding hydrogens is 198 g/mol. The number of nitrogens with two attached hydrogens (primary N) is 1. The summed E-state index contributed by atoms with van der Waals surface area (Å²) in [7, 11) is 0. The molecule has 0 spiro atoms. The maximum absolute atomic E-state index is 5.91. The van der Waals surface area contributed by atoms with Crippen LogP contribution in [0, 0.1) is 0 Å². The predicted molar refractivity (Wildman–Crippen MR) is 68.3 cm³/mol. The van der Waals surface area contributed by atoms with Crippen LogP contribution in [0.4, 0.5) is 0 Å². The normalized spacial score (nSPS) is 15.0. The Morgan fingerprint density at radius 3 is 2.69 bits per heavy atom. The molecule has 0 aliphatic heterocycles. The van der Waals surface area contributed by atoms with Crippen molar-refractivity contribution in [1.82, 2.24) is 9.55 Å². The van der Waals surface area contributed by atoms with Gasteiger partial charge in [-0.2, -0.15) is 0 Å². The van der Waals surface area contributed by atoms with E-state index in [2.05, 4.69) is 23.4 Å². The average molecular weight is 223 g/mol. The van der Waals surface area contributed by atoms with Crippen molar-refractivity contribution in [3.63, 3.8) is 0 Å². The van der Waals surface area contributed by atoms with Gasteiger partial charge >= 0.3 is 0 Å². The number of hydrogen-bond acceptors (Lipinski definition) is 2. The third-order valence-electron chi connectivity index (χ3n) is 3.11. The van der Waals surface area contributed by atoms with E-state index in [-0.39, 0.29) is 6.04 Å². The second-order valence-electron chi connectivity index (χ2n) is 4.71. The minimum absolute atomic E-state index is 0.0700. The van der Waals surface area contributed by atoms with Crippen molar-refractivity contribution in [2.75, 3.05) is 0 Å². The first-order chi connectivity index (χ1) is 7.66. The quantitative estimate of drug-likeness (QED) is 0.720. The van der Waals surface area contributed by atoms with E-state index in [9.17, 15) is 0 Å². The first kappa shape index (κ1) is 13.2. The Morgan fingerprint density at radius 1 is 1.31 bits per heavy atom. The molecule has 2 N–H and O–H groups in total. The van der Waals surface area contributed by atoms with Crippen molar-refractivity contribution in [3.8, 4) is 0 Å². The Labute approximate surface area is 99.1 Å². The van der Waals surface area contributed by atoms with Crippen LogP contribution in [0.15, 0.2) is 12.5 Å². The molecule has 1 rings (SSSR count). The van der Waals surface area contributed by atoms with E-state index in [0.717, 1.165) is 5.69 Å². The Kier molecular flexibility index (Phi) is 5.53. The molecule has 0 fully saturated rings. The maximum atomic E-state index is 5.91. The summed E-state index contributed by atoms with van der Waals surface area (Å²) < 4.78 is 2.22. The van der Waals surface area contributed by atoms with Gasteiger partial charge in [-0.25, -0.2) is 4.98 Å². The fraction of sp³-hybridized carbons (Fsp3) is 0.769. The Bertz CT molecular complexity index is 291. The highest BCUT2D eigenvalue weighted by Gasteiger charge is 2.11. The fourth-order valence-electron chi connectivity index (χ4n) is 2.04. The summed E-state index contributed by atoms with van der Waals surface area (Å²) in [6.45, 7) is 6.50. The molecule has 1 aromatic rings. The number of imidazole rings is 1. The predicted octanol–water partition coefficient (Wildman–Crippen LogP) is 3.43. The van der Waals surface area contributed by atoms with E-state index < -0.39 is 0 Å². The summed E-state index contributed by atoms with van der Waals surface area (Å²) >= 11 is 0. The lowest BCUT2D eigenvalue weighted by molar-refractivity contribution is 0.453. The molecule has 0 aromatic carbocycles. The van der Waals surface area contributed by atoms with E-state index in [0.29, 0.717) is 6.04 Å². The molecule has 1 heterocycles. The smallest absolute Gasteiger partial charge is 0.0951 e. The summed E-state index contributed by atoms with van der Waals surface area (Å²) in [6.07, 6.45) is 10.3. The lowest BCUT2D eigenvalue weighted by atomic mass is 10.1. The van der Waals surface area contributed by atoms with Gasteiger partial charge in [0.25, 0.3) is 0 Å². The van der Waals surface area contributed by atoms with Crippen molar-refractivity contribution in [1.29, 1.82) is 0 Å².